The van der Waals surface area contributed by atoms with Gasteiger partial charge in [-0.2, -0.15) is 0 Å². The van der Waals surface area contributed by atoms with Gasteiger partial charge in [0.05, 0.1) is 5.56 Å². The second-order valence-corrected chi connectivity index (χ2v) is 4.48. The molecule has 3 nitrogen and oxygen atoms in total. The van der Waals surface area contributed by atoms with Gasteiger partial charge in [-0.3, -0.25) is 4.79 Å². The highest BCUT2D eigenvalue weighted by Gasteiger charge is 2.30. The van der Waals surface area contributed by atoms with E-state index in [2.05, 4.69) is 5.32 Å². The maximum Gasteiger partial charge on any atom is 0.257 e. The third kappa shape index (κ3) is 2.51. The van der Waals surface area contributed by atoms with Gasteiger partial charge in [0.25, 0.3) is 5.91 Å². The van der Waals surface area contributed by atoms with Crippen molar-refractivity contribution in [3.63, 3.8) is 0 Å². The fraction of sp³-hybridized carbons (Fsp3) is 0.462. The van der Waals surface area contributed by atoms with Gasteiger partial charge in [-0.1, -0.05) is 0 Å². The number of nitrogens with one attached hydrogen (secondary N) is 1. The fourth-order valence-electron chi connectivity index (χ4n) is 2.37. The van der Waals surface area contributed by atoms with Crippen LogP contribution in [-0.2, 0) is 0 Å². The molecule has 2 rings (SSSR count). The van der Waals surface area contributed by atoms with Crippen LogP contribution in [0, 0.1) is 11.6 Å². The molecule has 0 spiro atoms. The Labute approximate surface area is 105 Å². The van der Waals surface area contributed by atoms with Gasteiger partial charge < -0.3 is 10.2 Å². The fourth-order valence-corrected chi connectivity index (χ4v) is 2.37. The van der Waals surface area contributed by atoms with Crippen molar-refractivity contribution in [2.24, 2.45) is 0 Å². The topological polar surface area (TPSA) is 32.3 Å². The van der Waals surface area contributed by atoms with Crippen LogP contribution in [0.15, 0.2) is 18.2 Å². The van der Waals surface area contributed by atoms with Gasteiger partial charge >= 0.3 is 0 Å². The third-order valence-corrected chi connectivity index (χ3v) is 3.24. The summed E-state index contributed by atoms with van der Waals surface area (Å²) in [7, 11) is 1.82. The quantitative estimate of drug-likeness (QED) is 0.892. The van der Waals surface area contributed by atoms with Crippen molar-refractivity contribution in [2.75, 3.05) is 20.1 Å². The lowest BCUT2D eigenvalue weighted by Crippen LogP contribution is -2.41. The summed E-state index contributed by atoms with van der Waals surface area (Å²) in [5.74, 6) is -1.82. The number of likely N-dealkylation sites (N-methyl/N-ethyl adjacent to an activating group) is 1. The molecule has 1 aromatic carbocycles. The average Bonchev–Trinajstić information content (AvgIpc) is 2.77. The summed E-state index contributed by atoms with van der Waals surface area (Å²) in [4.78, 5) is 13.9. The predicted octanol–water partition coefficient (Wildman–Crippen LogP) is 1.79. The Morgan fingerprint density at radius 1 is 1.50 bits per heavy atom. The molecule has 0 saturated carbocycles. The molecule has 1 heterocycles. The van der Waals surface area contributed by atoms with E-state index in [9.17, 15) is 13.6 Å². The summed E-state index contributed by atoms with van der Waals surface area (Å²) in [6.45, 7) is 1.32. The first-order chi connectivity index (χ1) is 8.63. The Morgan fingerprint density at radius 2 is 2.28 bits per heavy atom. The Bertz CT molecular complexity index is 451. The summed E-state index contributed by atoms with van der Waals surface area (Å²) < 4.78 is 26.4. The van der Waals surface area contributed by atoms with Crippen LogP contribution in [0.3, 0.4) is 0 Å². The van der Waals surface area contributed by atoms with Crippen molar-refractivity contribution in [2.45, 2.75) is 18.9 Å². The molecule has 1 saturated heterocycles. The van der Waals surface area contributed by atoms with Gasteiger partial charge in [-0.15, -0.1) is 0 Å². The summed E-state index contributed by atoms with van der Waals surface area (Å²) in [5, 5.41) is 3.02. The highest BCUT2D eigenvalue weighted by molar-refractivity contribution is 5.94. The van der Waals surface area contributed by atoms with E-state index in [0.29, 0.717) is 13.1 Å². The summed E-state index contributed by atoms with van der Waals surface area (Å²) >= 11 is 0. The number of hydrogen-bond donors (Lipinski definition) is 1. The van der Waals surface area contributed by atoms with Gasteiger partial charge in [-0.25, -0.2) is 8.78 Å². The predicted molar refractivity (Wildman–Crippen MR) is 64.3 cm³/mol. The highest BCUT2D eigenvalue weighted by atomic mass is 19.1. The molecule has 98 valence electrons. The Kier molecular flexibility index (Phi) is 3.91. The van der Waals surface area contributed by atoms with Crippen molar-refractivity contribution in [1.82, 2.24) is 10.2 Å². The SMILES string of the molecule is CNCC1CCCN1C(=O)c1ccc(F)cc1F. The number of rotatable bonds is 3. The highest BCUT2D eigenvalue weighted by Crippen LogP contribution is 2.21. The Balaban J connectivity index is 2.20. The molecule has 18 heavy (non-hydrogen) atoms. The zero-order valence-electron chi connectivity index (χ0n) is 10.2. The molecule has 0 radical (unpaired) electrons. The second kappa shape index (κ2) is 5.44. The van der Waals surface area contributed by atoms with Crippen molar-refractivity contribution >= 4 is 5.91 Å². The van der Waals surface area contributed by atoms with Gasteiger partial charge in [0.15, 0.2) is 0 Å². The first-order valence-corrected chi connectivity index (χ1v) is 6.04. The zero-order valence-corrected chi connectivity index (χ0v) is 10.2. The maximum atomic E-state index is 13.6. The maximum absolute atomic E-state index is 13.6. The van der Waals surface area contributed by atoms with Gasteiger partial charge in [0.1, 0.15) is 11.6 Å². The van der Waals surface area contributed by atoms with Crippen LogP contribution in [0.25, 0.3) is 0 Å². The van der Waals surface area contributed by atoms with E-state index in [-0.39, 0.29) is 17.5 Å². The van der Waals surface area contributed by atoms with E-state index in [1.165, 1.54) is 6.07 Å². The molecule has 1 aliphatic heterocycles. The summed E-state index contributed by atoms with van der Waals surface area (Å²) in [6, 6.07) is 3.16. The van der Waals surface area contributed by atoms with E-state index in [1.54, 1.807) is 4.90 Å². The van der Waals surface area contributed by atoms with Crippen LogP contribution in [0.4, 0.5) is 8.78 Å². The van der Waals surface area contributed by atoms with Crippen molar-refractivity contribution < 1.29 is 13.6 Å². The molecule has 1 N–H and O–H groups in total. The van der Waals surface area contributed by atoms with Crippen LogP contribution in [0.2, 0.25) is 0 Å². The van der Waals surface area contributed by atoms with Gasteiger partial charge in [0, 0.05) is 25.2 Å². The zero-order chi connectivity index (χ0) is 13.1. The molecule has 1 atom stereocenters. The summed E-state index contributed by atoms with van der Waals surface area (Å²) in [5.41, 5.74) is -0.0561. The lowest BCUT2D eigenvalue weighted by Gasteiger charge is -2.24. The van der Waals surface area contributed by atoms with E-state index >= 15 is 0 Å². The van der Waals surface area contributed by atoms with E-state index < -0.39 is 11.6 Å². The molecule has 1 amide bonds. The van der Waals surface area contributed by atoms with Crippen LogP contribution in [-0.4, -0.2) is 37.0 Å². The van der Waals surface area contributed by atoms with Gasteiger partial charge in [-0.05, 0) is 32.0 Å². The smallest absolute Gasteiger partial charge is 0.257 e. The Hall–Kier alpha value is -1.49. The van der Waals surface area contributed by atoms with Crippen molar-refractivity contribution in [3.05, 3.63) is 35.4 Å². The molecular weight excluding hydrogens is 238 g/mol. The van der Waals surface area contributed by atoms with Gasteiger partial charge in [0.2, 0.25) is 0 Å². The minimum Gasteiger partial charge on any atom is -0.334 e. The second-order valence-electron chi connectivity index (χ2n) is 4.48. The molecule has 1 aromatic rings. The number of likely N-dealkylation sites (tertiary alicyclic amines) is 1. The Morgan fingerprint density at radius 3 is 2.94 bits per heavy atom. The molecule has 0 aromatic heterocycles. The van der Waals surface area contributed by atoms with Crippen LogP contribution in [0.1, 0.15) is 23.2 Å². The minimum atomic E-state index is -0.796. The molecule has 1 fully saturated rings. The van der Waals surface area contributed by atoms with Crippen molar-refractivity contribution in [3.8, 4) is 0 Å². The van der Waals surface area contributed by atoms with Crippen LogP contribution >= 0.6 is 0 Å². The average molecular weight is 254 g/mol. The number of nitrogens with zero attached hydrogens (tertiary/aromatic N) is 1. The monoisotopic (exact) mass is 254 g/mol. The van der Waals surface area contributed by atoms with Crippen molar-refractivity contribution in [1.29, 1.82) is 0 Å². The molecule has 0 aliphatic carbocycles. The van der Waals surface area contributed by atoms with E-state index in [4.69, 9.17) is 0 Å². The largest absolute Gasteiger partial charge is 0.334 e. The lowest BCUT2D eigenvalue weighted by atomic mass is 10.1. The van der Waals surface area contributed by atoms with E-state index in [0.717, 1.165) is 25.0 Å². The standard InChI is InChI=1S/C13H16F2N2O/c1-16-8-10-3-2-6-17(10)13(18)11-5-4-9(14)7-12(11)15/h4-5,7,10,16H,2-3,6,8H2,1H3. The molecule has 1 aliphatic rings. The summed E-state index contributed by atoms with van der Waals surface area (Å²) in [6.07, 6.45) is 1.83. The van der Waals surface area contributed by atoms with Crippen LogP contribution in [0.5, 0.6) is 0 Å². The number of carbonyl (C=O) groups is 1. The number of hydrogen-bond acceptors (Lipinski definition) is 2. The van der Waals surface area contributed by atoms with Crippen LogP contribution < -0.4 is 5.32 Å². The first kappa shape index (κ1) is 13.0. The molecule has 0 bridgehead atoms. The number of amides is 1. The number of halogens is 2. The normalized spacial score (nSPS) is 19.3. The van der Waals surface area contributed by atoms with E-state index in [1.807, 2.05) is 7.05 Å². The number of carbonyl (C=O) groups excluding carboxylic acids is 1. The minimum absolute atomic E-state index is 0.0561. The molecular formula is C13H16F2N2O. The lowest BCUT2D eigenvalue weighted by molar-refractivity contribution is 0.0732. The molecule has 1 unspecified atom stereocenters. The third-order valence-electron chi connectivity index (χ3n) is 3.24. The molecule has 5 heteroatoms. The number of benzene rings is 1. The first-order valence-electron chi connectivity index (χ1n) is 6.04.